The van der Waals surface area contributed by atoms with Crippen LogP contribution in [0, 0.1) is 0 Å². The Morgan fingerprint density at radius 2 is 2.32 bits per heavy atom. The summed E-state index contributed by atoms with van der Waals surface area (Å²) in [6.45, 7) is 4.12. The number of hydrazine groups is 1. The third-order valence-corrected chi connectivity index (χ3v) is 3.12. The van der Waals surface area contributed by atoms with Gasteiger partial charge in [-0.25, -0.2) is 5.84 Å². The molecule has 0 aliphatic heterocycles. The summed E-state index contributed by atoms with van der Waals surface area (Å²) in [6.07, 6.45) is 2.93. The highest BCUT2D eigenvalue weighted by atomic mass is 32.2. The van der Waals surface area contributed by atoms with Crippen molar-refractivity contribution in [2.24, 2.45) is 10.8 Å². The van der Waals surface area contributed by atoms with Gasteiger partial charge >= 0.3 is 0 Å². The van der Waals surface area contributed by atoms with Gasteiger partial charge < -0.3 is 10.1 Å². The first-order chi connectivity index (χ1) is 9.30. The molecule has 1 aromatic carbocycles. The summed E-state index contributed by atoms with van der Waals surface area (Å²) in [5.74, 6) is 6.02. The second-order valence-electron chi connectivity index (χ2n) is 3.78. The number of aliphatic imine (C=N–C) groups is 1. The highest BCUT2D eigenvalue weighted by Gasteiger charge is 1.99. The quantitative estimate of drug-likeness (QED) is 0.178. The molecular formula is C13H22N4OS. The van der Waals surface area contributed by atoms with Gasteiger partial charge in [0.2, 0.25) is 5.96 Å². The van der Waals surface area contributed by atoms with E-state index in [1.165, 1.54) is 4.90 Å². The van der Waals surface area contributed by atoms with Gasteiger partial charge in [-0.1, -0.05) is 6.07 Å². The van der Waals surface area contributed by atoms with E-state index in [1.54, 1.807) is 11.8 Å². The molecule has 1 rings (SSSR count). The van der Waals surface area contributed by atoms with E-state index in [0.717, 1.165) is 25.3 Å². The molecule has 0 amide bonds. The van der Waals surface area contributed by atoms with Gasteiger partial charge in [0.25, 0.3) is 0 Å². The molecule has 4 N–H and O–H groups in total. The van der Waals surface area contributed by atoms with Gasteiger partial charge in [0, 0.05) is 30.3 Å². The van der Waals surface area contributed by atoms with Crippen LogP contribution in [-0.2, 0) is 4.74 Å². The summed E-state index contributed by atoms with van der Waals surface area (Å²) in [5.41, 5.74) is 3.54. The molecule has 19 heavy (non-hydrogen) atoms. The first kappa shape index (κ1) is 15.8. The lowest BCUT2D eigenvalue weighted by Gasteiger charge is -2.10. The molecule has 5 nitrogen and oxygen atoms in total. The molecule has 0 radical (unpaired) electrons. The Morgan fingerprint density at radius 1 is 1.47 bits per heavy atom. The Bertz CT molecular complexity index is 398. The van der Waals surface area contributed by atoms with E-state index in [9.17, 15) is 0 Å². The highest BCUT2D eigenvalue weighted by Crippen LogP contribution is 2.18. The zero-order chi connectivity index (χ0) is 13.9. The van der Waals surface area contributed by atoms with Crippen LogP contribution < -0.4 is 16.6 Å². The van der Waals surface area contributed by atoms with Crippen molar-refractivity contribution >= 4 is 23.4 Å². The molecule has 0 aliphatic rings. The number of hydrogen-bond acceptors (Lipinski definition) is 4. The zero-order valence-corrected chi connectivity index (χ0v) is 12.3. The van der Waals surface area contributed by atoms with E-state index in [1.807, 2.05) is 25.3 Å². The van der Waals surface area contributed by atoms with Crippen LogP contribution in [0.1, 0.15) is 13.3 Å². The highest BCUT2D eigenvalue weighted by molar-refractivity contribution is 7.98. The average Bonchev–Trinajstić information content (AvgIpc) is 2.46. The molecule has 0 heterocycles. The topological polar surface area (TPSA) is 71.7 Å². The molecule has 1 aromatic rings. The van der Waals surface area contributed by atoms with Crippen LogP contribution >= 0.6 is 11.8 Å². The van der Waals surface area contributed by atoms with Crippen molar-refractivity contribution in [3.8, 4) is 0 Å². The van der Waals surface area contributed by atoms with Gasteiger partial charge in [-0.3, -0.25) is 10.4 Å². The largest absolute Gasteiger partial charge is 0.382 e. The molecule has 0 bridgehead atoms. The fourth-order valence-corrected chi connectivity index (χ4v) is 1.92. The molecule has 6 heteroatoms. The van der Waals surface area contributed by atoms with Crippen LogP contribution in [0.25, 0.3) is 0 Å². The Hall–Kier alpha value is -1.24. The molecule has 0 unspecified atom stereocenters. The van der Waals surface area contributed by atoms with Crippen molar-refractivity contribution in [3.05, 3.63) is 24.3 Å². The number of nitrogens with two attached hydrogens (primary N) is 1. The maximum absolute atomic E-state index is 5.45. The SMILES string of the molecule is CCOCCCN=C(NN)Nc1cccc(SC)c1. The fraction of sp³-hybridized carbons (Fsp3) is 0.462. The molecule has 0 aromatic heterocycles. The Balaban J connectivity index is 2.48. The molecule has 0 fully saturated rings. The van der Waals surface area contributed by atoms with Crippen LogP contribution in [0.15, 0.2) is 34.2 Å². The van der Waals surface area contributed by atoms with Crippen molar-refractivity contribution in [1.82, 2.24) is 5.43 Å². The molecular weight excluding hydrogens is 260 g/mol. The van der Waals surface area contributed by atoms with Gasteiger partial charge in [-0.2, -0.15) is 0 Å². The number of nitrogens with zero attached hydrogens (tertiary/aromatic N) is 1. The number of ether oxygens (including phenoxy) is 1. The summed E-state index contributed by atoms with van der Waals surface area (Å²) >= 11 is 1.70. The molecule has 0 aliphatic carbocycles. The second kappa shape index (κ2) is 9.66. The summed E-state index contributed by atoms with van der Waals surface area (Å²) in [4.78, 5) is 5.54. The minimum atomic E-state index is 0.565. The minimum Gasteiger partial charge on any atom is -0.382 e. The van der Waals surface area contributed by atoms with E-state index in [0.29, 0.717) is 12.5 Å². The van der Waals surface area contributed by atoms with Crippen molar-refractivity contribution in [3.63, 3.8) is 0 Å². The van der Waals surface area contributed by atoms with Crippen molar-refractivity contribution in [2.75, 3.05) is 31.3 Å². The lowest BCUT2D eigenvalue weighted by atomic mass is 10.3. The number of thioether (sulfide) groups is 1. The third kappa shape index (κ3) is 6.47. The van der Waals surface area contributed by atoms with E-state index in [-0.39, 0.29) is 0 Å². The number of rotatable bonds is 7. The monoisotopic (exact) mass is 282 g/mol. The zero-order valence-electron chi connectivity index (χ0n) is 11.5. The Kier molecular flexibility index (Phi) is 8.04. The number of anilines is 1. The first-order valence-electron chi connectivity index (χ1n) is 6.30. The predicted molar refractivity (Wildman–Crippen MR) is 82.6 cm³/mol. The first-order valence-corrected chi connectivity index (χ1v) is 7.52. The van der Waals surface area contributed by atoms with Crippen molar-refractivity contribution in [1.29, 1.82) is 0 Å². The van der Waals surface area contributed by atoms with Crippen molar-refractivity contribution in [2.45, 2.75) is 18.2 Å². The smallest absolute Gasteiger partial charge is 0.210 e. The summed E-state index contributed by atoms with van der Waals surface area (Å²) in [7, 11) is 0. The number of nitrogens with one attached hydrogen (secondary N) is 2. The van der Waals surface area contributed by atoms with Gasteiger partial charge in [-0.15, -0.1) is 11.8 Å². The van der Waals surface area contributed by atoms with Gasteiger partial charge in [-0.05, 0) is 37.8 Å². The normalized spacial score (nSPS) is 11.4. The summed E-state index contributed by atoms with van der Waals surface area (Å²) < 4.78 is 5.25. The standard InChI is InChI=1S/C13H22N4OS/c1-3-18-9-5-8-15-13(17-14)16-11-6-4-7-12(10-11)19-2/h4,6-7,10H,3,5,8-9,14H2,1-2H3,(H2,15,16,17). The number of benzene rings is 1. The molecule has 0 saturated carbocycles. The Morgan fingerprint density at radius 3 is 3.00 bits per heavy atom. The van der Waals surface area contributed by atoms with Crippen LogP contribution in [0.2, 0.25) is 0 Å². The Labute approximate surface area is 119 Å². The van der Waals surface area contributed by atoms with E-state index >= 15 is 0 Å². The van der Waals surface area contributed by atoms with Crippen LogP contribution in [0.3, 0.4) is 0 Å². The van der Waals surface area contributed by atoms with Crippen LogP contribution in [0.4, 0.5) is 5.69 Å². The molecule has 106 valence electrons. The van der Waals surface area contributed by atoms with Crippen LogP contribution in [0.5, 0.6) is 0 Å². The average molecular weight is 282 g/mol. The van der Waals surface area contributed by atoms with Gasteiger partial charge in [0.05, 0.1) is 0 Å². The van der Waals surface area contributed by atoms with Gasteiger partial charge in [0.15, 0.2) is 0 Å². The van der Waals surface area contributed by atoms with Gasteiger partial charge in [0.1, 0.15) is 0 Å². The van der Waals surface area contributed by atoms with E-state index < -0.39 is 0 Å². The summed E-state index contributed by atoms with van der Waals surface area (Å²) in [6, 6.07) is 8.09. The second-order valence-corrected chi connectivity index (χ2v) is 4.66. The van der Waals surface area contributed by atoms with Crippen molar-refractivity contribution < 1.29 is 4.74 Å². The maximum atomic E-state index is 5.45. The minimum absolute atomic E-state index is 0.565. The number of hydrogen-bond donors (Lipinski definition) is 3. The lowest BCUT2D eigenvalue weighted by Crippen LogP contribution is -2.36. The van der Waals surface area contributed by atoms with E-state index in [2.05, 4.69) is 27.9 Å². The third-order valence-electron chi connectivity index (χ3n) is 2.39. The van der Waals surface area contributed by atoms with Crippen LogP contribution in [-0.4, -0.2) is 32.0 Å². The predicted octanol–water partition coefficient (Wildman–Crippen LogP) is 2.07. The fourth-order valence-electron chi connectivity index (χ4n) is 1.46. The lowest BCUT2D eigenvalue weighted by molar-refractivity contribution is 0.146. The van der Waals surface area contributed by atoms with E-state index in [4.69, 9.17) is 10.6 Å². The molecule has 0 saturated heterocycles. The number of guanidine groups is 1. The summed E-state index contributed by atoms with van der Waals surface area (Å²) in [5, 5.41) is 3.15. The molecule has 0 spiro atoms. The molecule has 0 atom stereocenters. The maximum Gasteiger partial charge on any atom is 0.210 e.